The van der Waals surface area contributed by atoms with Gasteiger partial charge in [-0.05, 0) is 37.5 Å². The van der Waals surface area contributed by atoms with E-state index in [-0.39, 0.29) is 5.82 Å². The number of aromatic nitrogens is 2. The molecular weight excluding hydrogens is 205 g/mol. The molecule has 2 aromatic rings. The van der Waals surface area contributed by atoms with Crippen LogP contribution < -0.4 is 5.73 Å². The van der Waals surface area contributed by atoms with Gasteiger partial charge in [-0.3, -0.25) is 0 Å². The van der Waals surface area contributed by atoms with Crippen molar-refractivity contribution in [3.8, 4) is 0 Å². The molecule has 3 N–H and O–H groups in total. The summed E-state index contributed by atoms with van der Waals surface area (Å²) in [5.41, 5.74) is 8.62. The summed E-state index contributed by atoms with van der Waals surface area (Å²) in [7, 11) is 0. The number of nitrogen functional groups attached to an aromatic ring is 1. The van der Waals surface area contributed by atoms with E-state index in [0.29, 0.717) is 5.95 Å². The topological polar surface area (TPSA) is 54.7 Å². The fraction of sp³-hybridized carbons (Fsp3) is 0.250. The van der Waals surface area contributed by atoms with Crippen molar-refractivity contribution in [3.63, 3.8) is 0 Å². The summed E-state index contributed by atoms with van der Waals surface area (Å²) in [5.74, 6) is 0.246. The van der Waals surface area contributed by atoms with Crippen molar-refractivity contribution >= 4 is 5.95 Å². The van der Waals surface area contributed by atoms with Crippen LogP contribution in [0, 0.1) is 12.7 Å². The second-order valence-corrected chi connectivity index (χ2v) is 3.82. The third-order valence-corrected chi connectivity index (χ3v) is 2.57. The van der Waals surface area contributed by atoms with Gasteiger partial charge in [0.25, 0.3) is 0 Å². The van der Waals surface area contributed by atoms with Gasteiger partial charge in [0.2, 0.25) is 0 Å². The van der Waals surface area contributed by atoms with Crippen molar-refractivity contribution in [2.45, 2.75) is 19.8 Å². The number of nitrogens with zero attached hydrogens (tertiary/aromatic N) is 1. The molecule has 0 aliphatic heterocycles. The Balaban J connectivity index is 2.02. The van der Waals surface area contributed by atoms with Gasteiger partial charge in [-0.1, -0.05) is 12.1 Å². The highest BCUT2D eigenvalue weighted by atomic mass is 19.1. The first kappa shape index (κ1) is 10.7. The van der Waals surface area contributed by atoms with E-state index in [1.807, 2.05) is 6.92 Å². The largest absolute Gasteiger partial charge is 0.369 e. The molecule has 16 heavy (non-hydrogen) atoms. The average Bonchev–Trinajstić information content (AvgIpc) is 2.57. The fourth-order valence-corrected chi connectivity index (χ4v) is 1.68. The third kappa shape index (κ3) is 2.39. The summed E-state index contributed by atoms with van der Waals surface area (Å²) in [4.78, 5) is 7.15. The van der Waals surface area contributed by atoms with Gasteiger partial charge in [0.05, 0.1) is 5.69 Å². The Morgan fingerprint density at radius 2 is 1.94 bits per heavy atom. The lowest BCUT2D eigenvalue weighted by molar-refractivity contribution is 0.627. The summed E-state index contributed by atoms with van der Waals surface area (Å²) < 4.78 is 12.7. The molecule has 0 atom stereocenters. The van der Waals surface area contributed by atoms with Crippen LogP contribution in [0.2, 0.25) is 0 Å². The molecule has 0 saturated carbocycles. The van der Waals surface area contributed by atoms with Gasteiger partial charge in [-0.2, -0.15) is 0 Å². The van der Waals surface area contributed by atoms with Crippen LogP contribution in [-0.2, 0) is 12.8 Å². The first-order valence-electron chi connectivity index (χ1n) is 5.20. The maximum Gasteiger partial charge on any atom is 0.197 e. The number of nitrogens with two attached hydrogens (primary N) is 1. The Hall–Kier alpha value is -1.84. The standard InChI is InChI=1S/C12H14FN3/c1-8-11(16-12(14)15-8)7-4-9-2-5-10(13)6-3-9/h2-3,5-6H,4,7H2,1H3,(H3,14,15,16). The van der Waals surface area contributed by atoms with E-state index < -0.39 is 0 Å². The molecule has 1 aromatic carbocycles. The molecule has 1 heterocycles. The van der Waals surface area contributed by atoms with E-state index in [0.717, 1.165) is 29.8 Å². The maximum atomic E-state index is 12.7. The van der Waals surface area contributed by atoms with Crippen LogP contribution in [0.15, 0.2) is 24.3 Å². The summed E-state index contributed by atoms with van der Waals surface area (Å²) in [6.45, 7) is 1.95. The highest BCUT2D eigenvalue weighted by molar-refractivity contribution is 5.26. The van der Waals surface area contributed by atoms with E-state index in [2.05, 4.69) is 9.97 Å². The number of anilines is 1. The SMILES string of the molecule is Cc1[nH]c(N)nc1CCc1ccc(F)cc1. The Morgan fingerprint density at radius 1 is 1.25 bits per heavy atom. The first-order chi connectivity index (χ1) is 7.65. The van der Waals surface area contributed by atoms with Crippen LogP contribution in [0.5, 0.6) is 0 Å². The number of hydrogen-bond acceptors (Lipinski definition) is 2. The third-order valence-electron chi connectivity index (χ3n) is 2.57. The van der Waals surface area contributed by atoms with Gasteiger partial charge in [0, 0.05) is 5.69 Å². The lowest BCUT2D eigenvalue weighted by Crippen LogP contribution is -1.94. The first-order valence-corrected chi connectivity index (χ1v) is 5.20. The lowest BCUT2D eigenvalue weighted by Gasteiger charge is -2.00. The monoisotopic (exact) mass is 219 g/mol. The second-order valence-electron chi connectivity index (χ2n) is 3.82. The molecule has 0 aliphatic carbocycles. The number of imidazole rings is 1. The molecule has 0 amide bonds. The number of H-pyrrole nitrogens is 1. The number of rotatable bonds is 3. The molecule has 0 fully saturated rings. The lowest BCUT2D eigenvalue weighted by atomic mass is 10.1. The van der Waals surface area contributed by atoms with E-state index in [1.165, 1.54) is 12.1 Å². The second kappa shape index (κ2) is 4.35. The normalized spacial score (nSPS) is 10.6. The minimum atomic E-state index is -0.205. The number of halogens is 1. The summed E-state index contributed by atoms with van der Waals surface area (Å²) >= 11 is 0. The van der Waals surface area contributed by atoms with Crippen molar-refractivity contribution < 1.29 is 4.39 Å². The average molecular weight is 219 g/mol. The molecule has 0 spiro atoms. The molecule has 3 nitrogen and oxygen atoms in total. The van der Waals surface area contributed by atoms with Crippen LogP contribution in [0.3, 0.4) is 0 Å². The maximum absolute atomic E-state index is 12.7. The van der Waals surface area contributed by atoms with Gasteiger partial charge >= 0.3 is 0 Å². The van der Waals surface area contributed by atoms with Gasteiger partial charge in [-0.15, -0.1) is 0 Å². The Bertz CT molecular complexity index is 474. The highest BCUT2D eigenvalue weighted by Gasteiger charge is 2.04. The smallest absolute Gasteiger partial charge is 0.197 e. The molecule has 0 aliphatic rings. The van der Waals surface area contributed by atoms with Crippen LogP contribution in [0.4, 0.5) is 10.3 Å². The Morgan fingerprint density at radius 3 is 2.50 bits per heavy atom. The molecule has 1 aromatic heterocycles. The Kier molecular flexibility index (Phi) is 2.90. The summed E-state index contributed by atoms with van der Waals surface area (Å²) in [6.07, 6.45) is 1.65. The van der Waals surface area contributed by atoms with E-state index >= 15 is 0 Å². The number of aryl methyl sites for hydroxylation is 3. The molecule has 4 heteroatoms. The zero-order valence-electron chi connectivity index (χ0n) is 9.13. The van der Waals surface area contributed by atoms with E-state index in [1.54, 1.807) is 12.1 Å². The number of hydrogen-bond donors (Lipinski definition) is 2. The summed E-state index contributed by atoms with van der Waals surface area (Å²) in [5, 5.41) is 0. The number of nitrogens with one attached hydrogen (secondary N) is 1. The van der Waals surface area contributed by atoms with Gasteiger partial charge in [0.1, 0.15) is 5.82 Å². The minimum Gasteiger partial charge on any atom is -0.369 e. The zero-order chi connectivity index (χ0) is 11.5. The quantitative estimate of drug-likeness (QED) is 0.831. The summed E-state index contributed by atoms with van der Waals surface area (Å²) in [6, 6.07) is 6.53. The van der Waals surface area contributed by atoms with E-state index in [4.69, 9.17) is 5.73 Å². The molecule has 0 saturated heterocycles. The number of benzene rings is 1. The van der Waals surface area contributed by atoms with Crippen LogP contribution >= 0.6 is 0 Å². The number of aromatic amines is 1. The van der Waals surface area contributed by atoms with Crippen LogP contribution in [0.1, 0.15) is 17.0 Å². The molecule has 0 unspecified atom stereocenters. The predicted molar refractivity (Wildman–Crippen MR) is 61.5 cm³/mol. The van der Waals surface area contributed by atoms with Crippen molar-refractivity contribution in [3.05, 3.63) is 47.0 Å². The van der Waals surface area contributed by atoms with Crippen molar-refractivity contribution in [1.29, 1.82) is 0 Å². The molecule has 84 valence electrons. The fourth-order valence-electron chi connectivity index (χ4n) is 1.68. The predicted octanol–water partition coefficient (Wildman–Crippen LogP) is 2.22. The molecule has 2 rings (SSSR count). The molecule has 0 bridgehead atoms. The van der Waals surface area contributed by atoms with Gasteiger partial charge in [-0.25, -0.2) is 9.37 Å². The van der Waals surface area contributed by atoms with Crippen molar-refractivity contribution in [2.24, 2.45) is 0 Å². The zero-order valence-corrected chi connectivity index (χ0v) is 9.13. The van der Waals surface area contributed by atoms with E-state index in [9.17, 15) is 4.39 Å². The van der Waals surface area contributed by atoms with Gasteiger partial charge < -0.3 is 10.7 Å². The highest BCUT2D eigenvalue weighted by Crippen LogP contribution is 2.11. The minimum absolute atomic E-state index is 0.205. The van der Waals surface area contributed by atoms with Crippen LogP contribution in [0.25, 0.3) is 0 Å². The molecule has 0 radical (unpaired) electrons. The van der Waals surface area contributed by atoms with Crippen molar-refractivity contribution in [2.75, 3.05) is 5.73 Å². The van der Waals surface area contributed by atoms with Gasteiger partial charge in [0.15, 0.2) is 5.95 Å². The van der Waals surface area contributed by atoms with Crippen LogP contribution in [-0.4, -0.2) is 9.97 Å². The molecular formula is C12H14FN3. The Labute approximate surface area is 93.5 Å². The van der Waals surface area contributed by atoms with Crippen molar-refractivity contribution in [1.82, 2.24) is 9.97 Å².